The minimum atomic E-state index is -1.12. The maximum Gasteiger partial charge on any atom is 0.277 e. The number of benzene rings is 1. The Morgan fingerprint density at radius 2 is 1.79 bits per heavy atom. The average molecular weight is 461 g/mol. The Kier molecular flexibility index (Phi) is 6.02. The fourth-order valence-electron chi connectivity index (χ4n) is 5.17. The molecular formula is C27H32N4O3. The summed E-state index contributed by atoms with van der Waals surface area (Å²) in [4.78, 5) is 29.4. The van der Waals surface area contributed by atoms with E-state index in [1.54, 1.807) is 28.0 Å². The molecule has 1 atom stereocenters. The van der Waals surface area contributed by atoms with E-state index in [9.17, 15) is 9.59 Å². The molecule has 2 amide bonds. The van der Waals surface area contributed by atoms with Crippen molar-refractivity contribution in [1.29, 1.82) is 0 Å². The van der Waals surface area contributed by atoms with Crippen LogP contribution in [0.15, 0.2) is 53.1 Å². The Bertz CT molecular complexity index is 1160. The van der Waals surface area contributed by atoms with Gasteiger partial charge >= 0.3 is 0 Å². The van der Waals surface area contributed by atoms with Crippen LogP contribution in [-0.2, 0) is 11.3 Å². The molecule has 2 aliphatic rings. The lowest BCUT2D eigenvalue weighted by Gasteiger charge is -2.43. The molecule has 178 valence electrons. The van der Waals surface area contributed by atoms with Crippen molar-refractivity contribution in [3.8, 4) is 11.5 Å². The monoisotopic (exact) mass is 460 g/mol. The molecule has 5 rings (SSSR count). The van der Waals surface area contributed by atoms with Crippen molar-refractivity contribution in [3.05, 3.63) is 60.0 Å². The first-order valence-electron chi connectivity index (χ1n) is 12.3. The van der Waals surface area contributed by atoms with E-state index >= 15 is 0 Å². The number of nitrogens with zero attached hydrogens (tertiary/aromatic N) is 3. The molecular weight excluding hydrogens is 428 g/mol. The van der Waals surface area contributed by atoms with Gasteiger partial charge in [-0.05, 0) is 51.0 Å². The van der Waals surface area contributed by atoms with E-state index in [0.717, 1.165) is 31.2 Å². The van der Waals surface area contributed by atoms with E-state index in [1.165, 1.54) is 19.3 Å². The first kappa shape index (κ1) is 22.4. The van der Waals surface area contributed by atoms with Crippen molar-refractivity contribution < 1.29 is 14.0 Å². The van der Waals surface area contributed by atoms with Gasteiger partial charge < -0.3 is 9.73 Å². The molecule has 1 aliphatic carbocycles. The highest BCUT2D eigenvalue weighted by Crippen LogP contribution is 2.34. The number of fused-ring (bicyclic) bond motifs is 1. The third-order valence-electron chi connectivity index (χ3n) is 7.15. The Morgan fingerprint density at radius 1 is 1.09 bits per heavy atom. The summed E-state index contributed by atoms with van der Waals surface area (Å²) in [6.07, 6.45) is 9.49. The molecule has 1 aliphatic heterocycles. The van der Waals surface area contributed by atoms with Gasteiger partial charge in [-0.15, -0.1) is 0 Å². The predicted molar refractivity (Wildman–Crippen MR) is 131 cm³/mol. The topological polar surface area (TPSA) is 80.4 Å². The van der Waals surface area contributed by atoms with Gasteiger partial charge in [-0.1, -0.05) is 49.8 Å². The molecule has 0 spiro atoms. The van der Waals surface area contributed by atoms with E-state index in [4.69, 9.17) is 4.42 Å². The summed E-state index contributed by atoms with van der Waals surface area (Å²) in [6, 6.07) is 13.2. The summed E-state index contributed by atoms with van der Waals surface area (Å²) in [5, 5.41) is 7.93. The predicted octanol–water partition coefficient (Wildman–Crippen LogP) is 5.10. The molecule has 0 unspecified atom stereocenters. The molecule has 1 saturated carbocycles. The van der Waals surface area contributed by atoms with E-state index in [1.807, 2.05) is 44.2 Å². The Balaban J connectivity index is 1.52. The van der Waals surface area contributed by atoms with Gasteiger partial charge in [-0.25, -0.2) is 0 Å². The average Bonchev–Trinajstić information content (AvgIpc) is 3.47. The van der Waals surface area contributed by atoms with Gasteiger partial charge in [0.25, 0.3) is 5.91 Å². The molecule has 0 saturated heterocycles. The third kappa shape index (κ3) is 4.15. The number of carbonyl (C=O) groups is 2. The second-order valence-corrected chi connectivity index (χ2v) is 9.82. The smallest absolute Gasteiger partial charge is 0.277 e. The standard InChI is InChI=1S/C27H32N4O3/c1-19-12-14-21(15-13-19)31-25(32)23-17-22(24-11-8-16-34-24)29-30(23)18-27(31,2)26(33)28-20-9-6-4-3-5-7-10-20/h8,11-17,20H,3-7,9-10,18H2,1-2H3,(H,28,33)/t27-/m1/s1. The number of nitrogens with one attached hydrogen (secondary N) is 1. The van der Waals surface area contributed by atoms with Crippen molar-refractivity contribution in [3.63, 3.8) is 0 Å². The molecule has 1 N–H and O–H groups in total. The van der Waals surface area contributed by atoms with Gasteiger partial charge in [-0.3, -0.25) is 19.2 Å². The SMILES string of the molecule is Cc1ccc(N2C(=O)c3cc(-c4ccco4)nn3C[C@]2(C)C(=O)NC2CCCCCCC2)cc1. The highest BCUT2D eigenvalue weighted by Gasteiger charge is 2.49. The largest absolute Gasteiger partial charge is 0.463 e. The zero-order valence-electron chi connectivity index (χ0n) is 19.9. The van der Waals surface area contributed by atoms with Crippen molar-refractivity contribution in [2.45, 2.75) is 76.9 Å². The summed E-state index contributed by atoms with van der Waals surface area (Å²) < 4.78 is 7.15. The third-order valence-corrected chi connectivity index (χ3v) is 7.15. The highest BCUT2D eigenvalue weighted by atomic mass is 16.3. The van der Waals surface area contributed by atoms with Crippen LogP contribution in [0.1, 0.15) is 67.9 Å². The number of anilines is 1. The number of aryl methyl sites for hydroxylation is 1. The number of aromatic nitrogens is 2. The quantitative estimate of drug-likeness (QED) is 0.587. The number of amides is 2. The lowest BCUT2D eigenvalue weighted by Crippen LogP contribution is -2.65. The fraction of sp³-hybridized carbons (Fsp3) is 0.444. The molecule has 34 heavy (non-hydrogen) atoms. The zero-order chi connectivity index (χ0) is 23.7. The number of furan rings is 1. The lowest BCUT2D eigenvalue weighted by molar-refractivity contribution is -0.127. The number of rotatable bonds is 4. The van der Waals surface area contributed by atoms with E-state index < -0.39 is 5.54 Å². The summed E-state index contributed by atoms with van der Waals surface area (Å²) in [5.41, 5.74) is 1.72. The van der Waals surface area contributed by atoms with E-state index in [2.05, 4.69) is 10.4 Å². The molecule has 0 bridgehead atoms. The maximum absolute atomic E-state index is 13.9. The van der Waals surface area contributed by atoms with Crippen LogP contribution in [0.4, 0.5) is 5.69 Å². The van der Waals surface area contributed by atoms with Gasteiger partial charge in [0.15, 0.2) is 5.76 Å². The van der Waals surface area contributed by atoms with Crippen molar-refractivity contribution in [2.24, 2.45) is 0 Å². The van der Waals surface area contributed by atoms with Crippen molar-refractivity contribution >= 4 is 17.5 Å². The summed E-state index contributed by atoms with van der Waals surface area (Å²) in [7, 11) is 0. The highest BCUT2D eigenvalue weighted by molar-refractivity contribution is 6.12. The van der Waals surface area contributed by atoms with Gasteiger partial charge in [0.2, 0.25) is 5.91 Å². The molecule has 7 nitrogen and oxygen atoms in total. The Labute approximate surface area is 200 Å². The van der Waals surface area contributed by atoms with E-state index in [0.29, 0.717) is 22.8 Å². The van der Waals surface area contributed by atoms with Crippen LogP contribution in [0.2, 0.25) is 0 Å². The first-order chi connectivity index (χ1) is 16.5. The normalized spacial score (nSPS) is 21.6. The molecule has 7 heteroatoms. The minimum Gasteiger partial charge on any atom is -0.463 e. The van der Waals surface area contributed by atoms with Crippen LogP contribution < -0.4 is 10.2 Å². The second kappa shape index (κ2) is 9.12. The number of carbonyl (C=O) groups excluding carboxylic acids is 2. The van der Waals surface area contributed by atoms with Crippen LogP contribution in [-0.4, -0.2) is 33.2 Å². The first-order valence-corrected chi connectivity index (χ1v) is 12.3. The van der Waals surface area contributed by atoms with Gasteiger partial charge in [0.1, 0.15) is 16.9 Å². The Morgan fingerprint density at radius 3 is 2.47 bits per heavy atom. The van der Waals surface area contributed by atoms with Crippen molar-refractivity contribution in [1.82, 2.24) is 15.1 Å². The van der Waals surface area contributed by atoms with Crippen LogP contribution in [0, 0.1) is 6.92 Å². The number of hydrogen-bond acceptors (Lipinski definition) is 4. The molecule has 1 fully saturated rings. The lowest BCUT2D eigenvalue weighted by atomic mass is 9.91. The summed E-state index contributed by atoms with van der Waals surface area (Å²) in [6.45, 7) is 4.12. The van der Waals surface area contributed by atoms with Crippen LogP contribution >= 0.6 is 0 Å². The summed E-state index contributed by atoms with van der Waals surface area (Å²) >= 11 is 0. The maximum atomic E-state index is 13.9. The minimum absolute atomic E-state index is 0.132. The Hall–Kier alpha value is -3.35. The van der Waals surface area contributed by atoms with Gasteiger partial charge in [-0.2, -0.15) is 5.10 Å². The van der Waals surface area contributed by atoms with Crippen LogP contribution in [0.5, 0.6) is 0 Å². The summed E-state index contributed by atoms with van der Waals surface area (Å²) in [5.74, 6) is 0.223. The molecule has 3 aromatic rings. The fourth-order valence-corrected chi connectivity index (χ4v) is 5.17. The number of hydrogen-bond donors (Lipinski definition) is 1. The molecule has 1 aromatic carbocycles. The van der Waals surface area contributed by atoms with Crippen molar-refractivity contribution in [2.75, 3.05) is 4.90 Å². The van der Waals surface area contributed by atoms with Gasteiger partial charge in [0, 0.05) is 17.8 Å². The van der Waals surface area contributed by atoms with Crippen LogP contribution in [0.3, 0.4) is 0 Å². The molecule has 0 radical (unpaired) electrons. The van der Waals surface area contributed by atoms with Gasteiger partial charge in [0.05, 0.1) is 12.8 Å². The second-order valence-electron chi connectivity index (χ2n) is 9.82. The van der Waals surface area contributed by atoms with E-state index in [-0.39, 0.29) is 24.4 Å². The van der Waals surface area contributed by atoms with Crippen LogP contribution in [0.25, 0.3) is 11.5 Å². The zero-order valence-corrected chi connectivity index (χ0v) is 19.9. The molecule has 3 heterocycles. The molecule has 2 aromatic heterocycles.